The van der Waals surface area contributed by atoms with Crippen LogP contribution in [0.4, 0.5) is 8.78 Å². The quantitative estimate of drug-likeness (QED) is 0.838. The molecule has 78 valence electrons. The van der Waals surface area contributed by atoms with E-state index in [4.69, 9.17) is 4.74 Å². The van der Waals surface area contributed by atoms with Crippen LogP contribution >= 0.6 is 31.9 Å². The average Bonchev–Trinajstić information content (AvgIpc) is 2.11. The van der Waals surface area contributed by atoms with Crippen LogP contribution in [0.2, 0.25) is 0 Å². The van der Waals surface area contributed by atoms with Gasteiger partial charge < -0.3 is 9.47 Å². The Morgan fingerprint density at radius 2 is 1.93 bits per heavy atom. The fraction of sp³-hybridized carbons (Fsp3) is 0.250. The summed E-state index contributed by atoms with van der Waals surface area (Å²) >= 11 is 6.29. The van der Waals surface area contributed by atoms with E-state index in [9.17, 15) is 8.78 Å². The highest BCUT2D eigenvalue weighted by Gasteiger charge is 2.12. The monoisotopic (exact) mass is 330 g/mol. The van der Waals surface area contributed by atoms with Crippen LogP contribution in [0.3, 0.4) is 0 Å². The zero-order valence-corrected chi connectivity index (χ0v) is 10.2. The van der Waals surface area contributed by atoms with Gasteiger partial charge in [-0.1, -0.05) is 0 Å². The summed E-state index contributed by atoms with van der Waals surface area (Å²) < 4.78 is 34.1. The smallest absolute Gasteiger partial charge is 0.387 e. The molecule has 14 heavy (non-hydrogen) atoms. The number of ether oxygens (including phenoxy) is 2. The molecule has 0 saturated heterocycles. The molecule has 0 N–H and O–H groups in total. The fourth-order valence-electron chi connectivity index (χ4n) is 0.840. The predicted molar refractivity (Wildman–Crippen MR) is 55.0 cm³/mol. The third kappa shape index (κ3) is 2.81. The molecule has 0 amide bonds. The lowest BCUT2D eigenvalue weighted by Gasteiger charge is -2.10. The van der Waals surface area contributed by atoms with Crippen LogP contribution in [0.15, 0.2) is 21.1 Å². The van der Waals surface area contributed by atoms with E-state index in [-0.39, 0.29) is 5.75 Å². The molecule has 6 heteroatoms. The third-order valence-corrected chi connectivity index (χ3v) is 3.40. The highest BCUT2D eigenvalue weighted by Crippen LogP contribution is 2.37. The molecule has 0 bridgehead atoms. The molecular formula is C8H6Br2F2O2. The minimum atomic E-state index is -2.86. The highest BCUT2D eigenvalue weighted by molar-refractivity contribution is 9.13. The van der Waals surface area contributed by atoms with Gasteiger partial charge in [-0.15, -0.1) is 0 Å². The second-order valence-electron chi connectivity index (χ2n) is 2.30. The van der Waals surface area contributed by atoms with Gasteiger partial charge in [-0.3, -0.25) is 0 Å². The maximum Gasteiger partial charge on any atom is 0.387 e. The molecule has 0 unspecified atom stereocenters. The van der Waals surface area contributed by atoms with Gasteiger partial charge in [0.1, 0.15) is 11.5 Å². The predicted octanol–water partition coefficient (Wildman–Crippen LogP) is 3.82. The lowest BCUT2D eigenvalue weighted by Crippen LogP contribution is -2.02. The van der Waals surface area contributed by atoms with Crippen molar-refractivity contribution in [3.8, 4) is 11.5 Å². The Morgan fingerprint density at radius 3 is 2.43 bits per heavy atom. The minimum Gasteiger partial charge on any atom is -0.497 e. The first-order valence-electron chi connectivity index (χ1n) is 3.52. The molecule has 0 radical (unpaired) electrons. The molecule has 0 aliphatic heterocycles. The lowest BCUT2D eigenvalue weighted by atomic mass is 10.3. The maximum atomic E-state index is 12.0. The molecule has 2 nitrogen and oxygen atoms in total. The summed E-state index contributed by atoms with van der Waals surface area (Å²) in [5.74, 6) is 0.474. The van der Waals surface area contributed by atoms with Crippen LogP contribution in [-0.4, -0.2) is 13.7 Å². The van der Waals surface area contributed by atoms with Crippen molar-refractivity contribution < 1.29 is 18.3 Å². The van der Waals surface area contributed by atoms with Gasteiger partial charge >= 0.3 is 6.61 Å². The Hall–Kier alpha value is -0.360. The van der Waals surface area contributed by atoms with Crippen molar-refractivity contribution in [3.63, 3.8) is 0 Å². The number of benzene rings is 1. The van der Waals surface area contributed by atoms with Gasteiger partial charge in [0.25, 0.3) is 0 Å². The molecule has 1 rings (SSSR count). The van der Waals surface area contributed by atoms with Crippen molar-refractivity contribution in [2.45, 2.75) is 6.61 Å². The van der Waals surface area contributed by atoms with Crippen molar-refractivity contribution >= 4 is 31.9 Å². The zero-order valence-electron chi connectivity index (χ0n) is 7.06. The van der Waals surface area contributed by atoms with Gasteiger partial charge in [0, 0.05) is 10.5 Å². The largest absolute Gasteiger partial charge is 0.497 e. The topological polar surface area (TPSA) is 18.5 Å². The molecule has 0 aliphatic carbocycles. The first-order chi connectivity index (χ1) is 6.54. The molecule has 0 heterocycles. The summed E-state index contributed by atoms with van der Waals surface area (Å²) in [6.45, 7) is -2.86. The first-order valence-corrected chi connectivity index (χ1v) is 5.11. The van der Waals surface area contributed by atoms with Crippen LogP contribution in [0.1, 0.15) is 0 Å². The molecular weight excluding hydrogens is 326 g/mol. The molecule has 0 saturated carbocycles. The van der Waals surface area contributed by atoms with Crippen LogP contribution in [0.5, 0.6) is 11.5 Å². The van der Waals surface area contributed by atoms with Crippen LogP contribution in [0.25, 0.3) is 0 Å². The van der Waals surface area contributed by atoms with Gasteiger partial charge in [0.2, 0.25) is 0 Å². The van der Waals surface area contributed by atoms with E-state index >= 15 is 0 Å². The molecule has 0 aromatic heterocycles. The summed E-state index contributed by atoms with van der Waals surface area (Å²) in [7, 11) is 1.45. The van der Waals surface area contributed by atoms with Crippen molar-refractivity contribution in [2.75, 3.05) is 7.11 Å². The van der Waals surface area contributed by atoms with Gasteiger partial charge in [-0.05, 0) is 37.9 Å². The number of halogens is 4. The summed E-state index contributed by atoms with van der Waals surface area (Å²) in [6, 6.07) is 3.02. The van der Waals surface area contributed by atoms with E-state index in [0.29, 0.717) is 14.7 Å². The molecule has 1 aromatic rings. The number of alkyl halides is 2. The van der Waals surface area contributed by atoms with E-state index in [1.165, 1.54) is 13.2 Å². The Kier molecular flexibility index (Phi) is 4.12. The van der Waals surface area contributed by atoms with E-state index in [2.05, 4.69) is 36.6 Å². The van der Waals surface area contributed by atoms with Crippen molar-refractivity contribution in [1.29, 1.82) is 0 Å². The van der Waals surface area contributed by atoms with Crippen LogP contribution < -0.4 is 9.47 Å². The summed E-state index contributed by atoms with van der Waals surface area (Å²) in [5.41, 5.74) is 0. The van der Waals surface area contributed by atoms with Gasteiger partial charge in [0.15, 0.2) is 0 Å². The molecule has 0 aliphatic rings. The molecule has 0 spiro atoms. The lowest BCUT2D eigenvalue weighted by molar-refractivity contribution is -0.0504. The number of rotatable bonds is 3. The maximum absolute atomic E-state index is 12.0. The van der Waals surface area contributed by atoms with Crippen molar-refractivity contribution in [3.05, 3.63) is 21.1 Å². The first kappa shape index (κ1) is 11.7. The Bertz CT molecular complexity index is 331. The fourth-order valence-corrected chi connectivity index (χ4v) is 1.58. The van der Waals surface area contributed by atoms with Crippen molar-refractivity contribution in [1.82, 2.24) is 0 Å². The second kappa shape index (κ2) is 4.93. The average molecular weight is 332 g/mol. The van der Waals surface area contributed by atoms with Gasteiger partial charge in [-0.2, -0.15) is 8.78 Å². The molecule has 1 aromatic carbocycles. The SMILES string of the molecule is COc1cc(Br)c(Br)c(OC(F)F)c1. The standard InChI is InChI=1S/C8H6Br2F2O2/c1-13-4-2-5(9)7(10)6(3-4)14-8(11)12/h2-3,8H,1H3. The number of hydrogen-bond donors (Lipinski definition) is 0. The Labute approximate surface area is 96.5 Å². The third-order valence-electron chi connectivity index (χ3n) is 1.42. The second-order valence-corrected chi connectivity index (χ2v) is 3.95. The summed E-state index contributed by atoms with van der Waals surface area (Å²) in [4.78, 5) is 0. The van der Waals surface area contributed by atoms with Gasteiger partial charge in [0.05, 0.1) is 11.6 Å². The normalized spacial score (nSPS) is 10.4. The zero-order chi connectivity index (χ0) is 10.7. The van der Waals surface area contributed by atoms with Crippen LogP contribution in [-0.2, 0) is 0 Å². The van der Waals surface area contributed by atoms with E-state index in [1.807, 2.05) is 0 Å². The Morgan fingerprint density at radius 1 is 1.29 bits per heavy atom. The van der Waals surface area contributed by atoms with Crippen molar-refractivity contribution in [2.24, 2.45) is 0 Å². The molecule has 0 atom stereocenters. The number of methoxy groups -OCH3 is 1. The minimum absolute atomic E-state index is 0.0335. The summed E-state index contributed by atoms with van der Waals surface area (Å²) in [5, 5.41) is 0. The number of hydrogen-bond acceptors (Lipinski definition) is 2. The van der Waals surface area contributed by atoms with Gasteiger partial charge in [-0.25, -0.2) is 0 Å². The van der Waals surface area contributed by atoms with Crippen LogP contribution in [0, 0.1) is 0 Å². The van der Waals surface area contributed by atoms with E-state index < -0.39 is 6.61 Å². The highest BCUT2D eigenvalue weighted by atomic mass is 79.9. The summed E-state index contributed by atoms with van der Waals surface area (Å²) in [6.07, 6.45) is 0. The van der Waals surface area contributed by atoms with E-state index in [1.54, 1.807) is 6.07 Å². The molecule has 0 fully saturated rings. The van der Waals surface area contributed by atoms with E-state index in [0.717, 1.165) is 0 Å². The Balaban J connectivity index is 3.07.